The number of hydrogen-bond donors (Lipinski definition) is 2. The van der Waals surface area contributed by atoms with E-state index in [2.05, 4.69) is 15.9 Å². The van der Waals surface area contributed by atoms with Crippen molar-refractivity contribution in [1.82, 2.24) is 9.79 Å². The Kier molecular flexibility index (Phi) is 6.15. The smallest absolute Gasteiger partial charge is 0.261 e. The Morgan fingerprint density at radius 1 is 1.07 bits per heavy atom. The molecule has 1 amide bonds. The van der Waals surface area contributed by atoms with Crippen molar-refractivity contribution in [2.24, 2.45) is 0 Å². The van der Waals surface area contributed by atoms with E-state index in [9.17, 15) is 13.2 Å². The predicted octanol–water partition coefficient (Wildman–Crippen LogP) is 3.29. The number of sulfonamides is 1. The van der Waals surface area contributed by atoms with Crippen molar-refractivity contribution in [2.75, 3.05) is 6.54 Å². The van der Waals surface area contributed by atoms with E-state index in [-0.39, 0.29) is 11.4 Å². The summed E-state index contributed by atoms with van der Waals surface area (Å²) in [5, 5.41) is 8.89. The SMILES string of the molecule is O=C(NO)C1CCCCN1S(=O)(=O)c1ccc(Oc2ccc(Br)cc2)cc1. The van der Waals surface area contributed by atoms with Gasteiger partial charge in [-0.05, 0) is 61.4 Å². The third-order valence-electron chi connectivity index (χ3n) is 4.35. The van der Waals surface area contributed by atoms with Crippen LogP contribution < -0.4 is 10.2 Å². The van der Waals surface area contributed by atoms with Gasteiger partial charge in [0.05, 0.1) is 4.90 Å². The lowest BCUT2D eigenvalue weighted by atomic mass is 10.0. The van der Waals surface area contributed by atoms with Crippen LogP contribution in [0.5, 0.6) is 11.5 Å². The molecule has 0 bridgehead atoms. The number of halogens is 1. The molecule has 1 saturated heterocycles. The molecule has 0 spiro atoms. The number of carbonyl (C=O) groups is 1. The quantitative estimate of drug-likeness (QED) is 0.533. The Morgan fingerprint density at radius 3 is 2.26 bits per heavy atom. The van der Waals surface area contributed by atoms with E-state index in [1.165, 1.54) is 12.1 Å². The Morgan fingerprint density at radius 2 is 1.67 bits per heavy atom. The lowest BCUT2D eigenvalue weighted by molar-refractivity contribution is -0.134. The van der Waals surface area contributed by atoms with Gasteiger partial charge in [-0.25, -0.2) is 13.9 Å². The van der Waals surface area contributed by atoms with E-state index >= 15 is 0 Å². The van der Waals surface area contributed by atoms with Crippen LogP contribution in [-0.2, 0) is 14.8 Å². The second-order valence-corrected chi connectivity index (χ2v) is 8.94. The number of hydrogen-bond acceptors (Lipinski definition) is 5. The Balaban J connectivity index is 1.80. The highest BCUT2D eigenvalue weighted by Crippen LogP contribution is 2.28. The van der Waals surface area contributed by atoms with Gasteiger partial charge < -0.3 is 4.74 Å². The number of piperidine rings is 1. The van der Waals surface area contributed by atoms with Gasteiger partial charge in [-0.3, -0.25) is 10.0 Å². The number of amides is 1. The van der Waals surface area contributed by atoms with Crippen molar-refractivity contribution in [3.05, 3.63) is 53.0 Å². The predicted molar refractivity (Wildman–Crippen MR) is 102 cm³/mol. The Labute approximate surface area is 166 Å². The van der Waals surface area contributed by atoms with Crippen LogP contribution in [0, 0.1) is 0 Å². The number of rotatable bonds is 5. The van der Waals surface area contributed by atoms with Gasteiger partial charge >= 0.3 is 0 Å². The number of carbonyl (C=O) groups excluding carboxylic acids is 1. The van der Waals surface area contributed by atoms with Crippen LogP contribution in [0.1, 0.15) is 19.3 Å². The number of ether oxygens (including phenoxy) is 1. The van der Waals surface area contributed by atoms with Crippen LogP contribution in [0.25, 0.3) is 0 Å². The Hall–Kier alpha value is -1.94. The summed E-state index contributed by atoms with van der Waals surface area (Å²) >= 11 is 3.35. The molecule has 1 atom stereocenters. The third kappa shape index (κ3) is 4.49. The van der Waals surface area contributed by atoms with Gasteiger partial charge in [0.15, 0.2) is 0 Å². The maximum Gasteiger partial charge on any atom is 0.261 e. The van der Waals surface area contributed by atoms with Gasteiger partial charge in [-0.2, -0.15) is 4.31 Å². The molecular weight excluding hydrogens is 436 g/mol. The summed E-state index contributed by atoms with van der Waals surface area (Å²) < 4.78 is 33.7. The highest BCUT2D eigenvalue weighted by Gasteiger charge is 2.37. The summed E-state index contributed by atoms with van der Waals surface area (Å²) in [4.78, 5) is 11.9. The first kappa shape index (κ1) is 19.8. The van der Waals surface area contributed by atoms with Crippen LogP contribution in [0.15, 0.2) is 57.9 Å². The number of nitrogens with one attached hydrogen (secondary N) is 1. The molecule has 0 aliphatic carbocycles. The molecule has 0 aromatic heterocycles. The fourth-order valence-corrected chi connectivity index (χ4v) is 4.90. The second kappa shape index (κ2) is 8.39. The average molecular weight is 455 g/mol. The standard InChI is InChI=1S/C18H19BrN2O5S/c19-13-4-6-14(7-5-13)26-15-8-10-16(11-9-15)27(24,25)21-12-2-1-3-17(21)18(22)20-23/h4-11,17,23H,1-3,12H2,(H,20,22). The van der Waals surface area contributed by atoms with Crippen molar-refractivity contribution < 1.29 is 23.2 Å². The van der Waals surface area contributed by atoms with Gasteiger partial charge in [-0.1, -0.05) is 22.4 Å². The second-order valence-electron chi connectivity index (χ2n) is 6.13. The number of nitrogens with zero attached hydrogens (tertiary/aromatic N) is 1. The van der Waals surface area contributed by atoms with Crippen LogP contribution in [-0.4, -0.2) is 36.4 Å². The van der Waals surface area contributed by atoms with Crippen molar-refractivity contribution in [3.63, 3.8) is 0 Å². The molecule has 0 saturated carbocycles. The van der Waals surface area contributed by atoms with Gasteiger partial charge in [0, 0.05) is 11.0 Å². The molecule has 2 aromatic carbocycles. The largest absolute Gasteiger partial charge is 0.457 e. The summed E-state index contributed by atoms with van der Waals surface area (Å²) in [6.45, 7) is 0.234. The Bertz CT molecular complexity index is 900. The van der Waals surface area contributed by atoms with Gasteiger partial charge in [0.25, 0.3) is 5.91 Å². The molecule has 1 unspecified atom stereocenters. The van der Waals surface area contributed by atoms with E-state index in [0.717, 1.165) is 15.2 Å². The minimum atomic E-state index is -3.86. The molecule has 7 nitrogen and oxygen atoms in total. The molecule has 144 valence electrons. The summed E-state index contributed by atoms with van der Waals surface area (Å²) in [6, 6.07) is 12.4. The van der Waals surface area contributed by atoms with E-state index in [1.54, 1.807) is 29.7 Å². The molecule has 0 radical (unpaired) electrons. The lowest BCUT2D eigenvalue weighted by Gasteiger charge is -2.33. The summed E-state index contributed by atoms with van der Waals surface area (Å²) in [6.07, 6.45) is 1.76. The number of benzene rings is 2. The lowest BCUT2D eigenvalue weighted by Crippen LogP contribution is -2.51. The van der Waals surface area contributed by atoms with Crippen molar-refractivity contribution in [2.45, 2.75) is 30.2 Å². The van der Waals surface area contributed by atoms with E-state index < -0.39 is 22.0 Å². The van der Waals surface area contributed by atoms with Crippen molar-refractivity contribution in [1.29, 1.82) is 0 Å². The first-order chi connectivity index (χ1) is 12.9. The average Bonchev–Trinajstić information content (AvgIpc) is 2.69. The molecule has 3 rings (SSSR count). The van der Waals surface area contributed by atoms with Crippen LogP contribution in [0.4, 0.5) is 0 Å². The summed E-state index contributed by atoms with van der Waals surface area (Å²) in [5.41, 5.74) is 1.56. The van der Waals surface area contributed by atoms with Crippen molar-refractivity contribution in [3.8, 4) is 11.5 Å². The first-order valence-electron chi connectivity index (χ1n) is 8.41. The maximum atomic E-state index is 12.9. The van der Waals surface area contributed by atoms with E-state index in [4.69, 9.17) is 9.94 Å². The minimum absolute atomic E-state index is 0.0725. The topological polar surface area (TPSA) is 95.9 Å². The monoisotopic (exact) mass is 454 g/mol. The highest BCUT2D eigenvalue weighted by atomic mass is 79.9. The molecular formula is C18H19BrN2O5S. The summed E-state index contributed by atoms with van der Waals surface area (Å²) in [5.74, 6) is 0.414. The fourth-order valence-electron chi connectivity index (χ4n) is 2.98. The van der Waals surface area contributed by atoms with Crippen LogP contribution in [0.2, 0.25) is 0 Å². The van der Waals surface area contributed by atoms with Gasteiger partial charge in [-0.15, -0.1) is 0 Å². The third-order valence-corrected chi connectivity index (χ3v) is 6.80. The number of hydroxylamine groups is 1. The normalized spacial score (nSPS) is 18.1. The maximum absolute atomic E-state index is 12.9. The molecule has 27 heavy (non-hydrogen) atoms. The molecule has 2 N–H and O–H groups in total. The molecule has 1 aliphatic heterocycles. The first-order valence-corrected chi connectivity index (χ1v) is 10.6. The van der Waals surface area contributed by atoms with Gasteiger partial charge in [0.1, 0.15) is 17.5 Å². The highest BCUT2D eigenvalue weighted by molar-refractivity contribution is 9.10. The minimum Gasteiger partial charge on any atom is -0.457 e. The molecule has 1 aliphatic rings. The fraction of sp³-hybridized carbons (Fsp3) is 0.278. The van der Waals surface area contributed by atoms with Gasteiger partial charge in [0.2, 0.25) is 10.0 Å². The summed E-state index contributed by atoms with van der Waals surface area (Å²) in [7, 11) is -3.86. The molecule has 9 heteroatoms. The van der Waals surface area contributed by atoms with E-state index in [1.807, 2.05) is 12.1 Å². The van der Waals surface area contributed by atoms with E-state index in [0.29, 0.717) is 24.3 Å². The molecule has 2 aromatic rings. The van der Waals surface area contributed by atoms with Crippen LogP contribution in [0.3, 0.4) is 0 Å². The zero-order valence-corrected chi connectivity index (χ0v) is 16.7. The molecule has 1 heterocycles. The van der Waals surface area contributed by atoms with Crippen molar-refractivity contribution >= 4 is 31.9 Å². The zero-order chi connectivity index (χ0) is 19.4. The molecule has 1 fully saturated rings. The zero-order valence-electron chi connectivity index (χ0n) is 14.3. The van der Waals surface area contributed by atoms with Crippen LogP contribution >= 0.6 is 15.9 Å².